The van der Waals surface area contributed by atoms with Crippen molar-refractivity contribution in [2.75, 3.05) is 26.2 Å². The Morgan fingerprint density at radius 1 is 1.31 bits per heavy atom. The second kappa shape index (κ2) is 8.20. The van der Waals surface area contributed by atoms with Crippen molar-refractivity contribution in [1.29, 1.82) is 0 Å². The van der Waals surface area contributed by atoms with Gasteiger partial charge in [-0.15, -0.1) is 11.3 Å². The number of nitrogens with one attached hydrogen (secondary N) is 1. The first-order valence-corrected chi connectivity index (χ1v) is 10.2. The summed E-state index contributed by atoms with van der Waals surface area (Å²) in [7, 11) is 0. The fraction of sp³-hybridized carbons (Fsp3) is 0.632. The van der Waals surface area contributed by atoms with E-state index in [0.717, 1.165) is 25.7 Å². The average molecular weight is 378 g/mol. The SMILES string of the molecule is CCOC(=O)CNC(=O)C1CN(C(=O)c2cccs2)CC12CCCCC2. The number of nitrogens with zero attached hydrogens (tertiary/aromatic N) is 1. The first-order valence-electron chi connectivity index (χ1n) is 9.32. The zero-order valence-corrected chi connectivity index (χ0v) is 16.0. The lowest BCUT2D eigenvalue weighted by atomic mass is 9.67. The molecule has 2 heterocycles. The predicted molar refractivity (Wildman–Crippen MR) is 98.9 cm³/mol. The highest BCUT2D eigenvalue weighted by molar-refractivity contribution is 7.12. The number of amides is 2. The van der Waals surface area contributed by atoms with Crippen LogP contribution >= 0.6 is 11.3 Å². The number of hydrogen-bond acceptors (Lipinski definition) is 5. The van der Waals surface area contributed by atoms with Gasteiger partial charge in [-0.25, -0.2) is 0 Å². The summed E-state index contributed by atoms with van der Waals surface area (Å²) in [5, 5.41) is 4.62. The summed E-state index contributed by atoms with van der Waals surface area (Å²) >= 11 is 1.43. The number of likely N-dealkylation sites (tertiary alicyclic amines) is 1. The molecule has 26 heavy (non-hydrogen) atoms. The number of carbonyl (C=O) groups excluding carboxylic acids is 3. The quantitative estimate of drug-likeness (QED) is 0.799. The molecule has 142 valence electrons. The minimum atomic E-state index is -0.428. The number of thiophene rings is 1. The molecule has 1 saturated carbocycles. The Morgan fingerprint density at radius 2 is 2.08 bits per heavy atom. The van der Waals surface area contributed by atoms with E-state index in [-0.39, 0.29) is 29.7 Å². The van der Waals surface area contributed by atoms with Crippen LogP contribution in [0.1, 0.15) is 48.7 Å². The second-order valence-corrected chi connectivity index (χ2v) is 8.11. The summed E-state index contributed by atoms with van der Waals surface area (Å²) in [5.74, 6) is -0.823. The standard InChI is InChI=1S/C19H26N2O4S/c1-2-25-16(22)11-20-17(23)14-12-21(18(24)15-7-6-10-26-15)13-19(14)8-4-3-5-9-19/h6-7,10,14H,2-5,8-9,11-13H2,1H3,(H,20,23). The van der Waals surface area contributed by atoms with Gasteiger partial charge in [0, 0.05) is 18.5 Å². The third kappa shape index (κ3) is 3.92. The molecule has 1 aromatic rings. The number of esters is 1. The molecule has 7 heteroatoms. The van der Waals surface area contributed by atoms with Crippen molar-refractivity contribution in [2.45, 2.75) is 39.0 Å². The zero-order chi connectivity index (χ0) is 18.6. The molecule has 0 radical (unpaired) electrons. The van der Waals surface area contributed by atoms with E-state index < -0.39 is 5.97 Å². The Labute approximate surface area is 157 Å². The molecular weight excluding hydrogens is 352 g/mol. The first-order chi connectivity index (χ1) is 12.6. The van der Waals surface area contributed by atoms with Crippen LogP contribution < -0.4 is 5.32 Å². The van der Waals surface area contributed by atoms with Crippen molar-refractivity contribution < 1.29 is 19.1 Å². The number of ether oxygens (including phenoxy) is 1. The molecule has 1 N–H and O–H groups in total. The molecule has 1 saturated heterocycles. The van der Waals surface area contributed by atoms with Gasteiger partial charge in [0.25, 0.3) is 5.91 Å². The molecule has 1 aromatic heterocycles. The highest BCUT2D eigenvalue weighted by Crippen LogP contribution is 2.48. The average Bonchev–Trinajstić information content (AvgIpc) is 3.29. The maximum atomic E-state index is 12.8. The van der Waals surface area contributed by atoms with Crippen LogP contribution in [0.5, 0.6) is 0 Å². The Balaban J connectivity index is 1.72. The van der Waals surface area contributed by atoms with Crippen LogP contribution in [0.15, 0.2) is 17.5 Å². The minimum absolute atomic E-state index is 0.00522. The monoisotopic (exact) mass is 378 g/mol. The lowest BCUT2D eigenvalue weighted by Gasteiger charge is -2.37. The molecule has 1 aliphatic carbocycles. The van der Waals surface area contributed by atoms with Gasteiger partial charge in [0.2, 0.25) is 5.91 Å². The first kappa shape index (κ1) is 18.9. The summed E-state index contributed by atoms with van der Waals surface area (Å²) < 4.78 is 4.88. The molecule has 1 spiro atoms. The van der Waals surface area contributed by atoms with E-state index in [1.807, 2.05) is 22.4 Å². The molecular formula is C19H26N2O4S. The van der Waals surface area contributed by atoms with Gasteiger partial charge in [-0.05, 0) is 31.2 Å². The van der Waals surface area contributed by atoms with Crippen molar-refractivity contribution in [2.24, 2.45) is 11.3 Å². The molecule has 1 atom stereocenters. The summed E-state index contributed by atoms with van der Waals surface area (Å²) in [6.45, 7) is 2.97. The molecule has 0 bridgehead atoms. The van der Waals surface area contributed by atoms with Gasteiger partial charge in [-0.2, -0.15) is 0 Å². The molecule has 0 aromatic carbocycles. The van der Waals surface area contributed by atoms with Gasteiger partial charge in [0.15, 0.2) is 0 Å². The van der Waals surface area contributed by atoms with Crippen LogP contribution in [0, 0.1) is 11.3 Å². The van der Waals surface area contributed by atoms with Crippen LogP contribution in [0.25, 0.3) is 0 Å². The number of hydrogen-bond donors (Lipinski definition) is 1. The smallest absolute Gasteiger partial charge is 0.325 e. The third-order valence-corrected chi connectivity index (χ3v) is 6.40. The zero-order valence-electron chi connectivity index (χ0n) is 15.2. The van der Waals surface area contributed by atoms with E-state index >= 15 is 0 Å². The number of carbonyl (C=O) groups is 3. The van der Waals surface area contributed by atoms with Crippen molar-refractivity contribution >= 4 is 29.1 Å². The van der Waals surface area contributed by atoms with Crippen LogP contribution in [0.2, 0.25) is 0 Å². The normalized spacial score (nSPS) is 21.6. The molecule has 1 aliphatic heterocycles. The maximum absolute atomic E-state index is 12.8. The lowest BCUT2D eigenvalue weighted by Crippen LogP contribution is -2.44. The van der Waals surface area contributed by atoms with Crippen molar-refractivity contribution in [1.82, 2.24) is 10.2 Å². The van der Waals surface area contributed by atoms with Gasteiger partial charge in [-0.1, -0.05) is 25.3 Å². The third-order valence-electron chi connectivity index (χ3n) is 5.55. The van der Waals surface area contributed by atoms with E-state index in [9.17, 15) is 14.4 Å². The largest absolute Gasteiger partial charge is 0.465 e. The summed E-state index contributed by atoms with van der Waals surface area (Å²) in [6, 6.07) is 3.70. The highest BCUT2D eigenvalue weighted by atomic mass is 32.1. The molecule has 1 unspecified atom stereocenters. The minimum Gasteiger partial charge on any atom is -0.465 e. The molecule has 6 nitrogen and oxygen atoms in total. The molecule has 3 rings (SSSR count). The number of rotatable bonds is 5. The molecule has 2 aliphatic rings. The topological polar surface area (TPSA) is 75.7 Å². The Hall–Kier alpha value is -1.89. The predicted octanol–water partition coefficient (Wildman–Crippen LogP) is 2.45. The van der Waals surface area contributed by atoms with Crippen LogP contribution in [-0.2, 0) is 14.3 Å². The van der Waals surface area contributed by atoms with Gasteiger partial charge < -0.3 is 15.0 Å². The van der Waals surface area contributed by atoms with Gasteiger partial charge >= 0.3 is 5.97 Å². The Bertz CT molecular complexity index is 653. The van der Waals surface area contributed by atoms with E-state index in [1.54, 1.807) is 6.92 Å². The maximum Gasteiger partial charge on any atom is 0.325 e. The fourth-order valence-electron chi connectivity index (χ4n) is 4.30. The summed E-state index contributed by atoms with van der Waals surface area (Å²) in [6.07, 6.45) is 5.26. The fourth-order valence-corrected chi connectivity index (χ4v) is 4.99. The van der Waals surface area contributed by atoms with Crippen LogP contribution in [-0.4, -0.2) is 48.9 Å². The molecule has 2 amide bonds. The van der Waals surface area contributed by atoms with Gasteiger partial charge in [0.05, 0.1) is 17.4 Å². The van der Waals surface area contributed by atoms with Crippen molar-refractivity contribution in [3.05, 3.63) is 22.4 Å². The van der Waals surface area contributed by atoms with Crippen molar-refractivity contribution in [3.8, 4) is 0 Å². The lowest BCUT2D eigenvalue weighted by molar-refractivity contribution is -0.144. The Kier molecular flexibility index (Phi) is 5.96. The summed E-state index contributed by atoms with van der Waals surface area (Å²) in [5.41, 5.74) is -0.163. The van der Waals surface area contributed by atoms with Crippen LogP contribution in [0.4, 0.5) is 0 Å². The van der Waals surface area contributed by atoms with E-state index in [2.05, 4.69) is 5.32 Å². The van der Waals surface area contributed by atoms with E-state index in [1.165, 1.54) is 17.8 Å². The summed E-state index contributed by atoms with van der Waals surface area (Å²) in [4.78, 5) is 39.7. The van der Waals surface area contributed by atoms with Crippen LogP contribution in [0.3, 0.4) is 0 Å². The highest BCUT2D eigenvalue weighted by Gasteiger charge is 2.51. The van der Waals surface area contributed by atoms with Gasteiger partial charge in [0.1, 0.15) is 6.54 Å². The Morgan fingerprint density at radius 3 is 2.73 bits per heavy atom. The molecule has 2 fully saturated rings. The van der Waals surface area contributed by atoms with Crippen molar-refractivity contribution in [3.63, 3.8) is 0 Å². The van der Waals surface area contributed by atoms with E-state index in [0.29, 0.717) is 24.6 Å². The van der Waals surface area contributed by atoms with Gasteiger partial charge in [-0.3, -0.25) is 14.4 Å². The second-order valence-electron chi connectivity index (χ2n) is 7.16. The van der Waals surface area contributed by atoms with E-state index in [4.69, 9.17) is 4.74 Å².